The number of nitro groups is 1. The number of benzene rings is 1. The Morgan fingerprint density at radius 1 is 1.19 bits per heavy atom. The van der Waals surface area contributed by atoms with Gasteiger partial charge in [-0.1, -0.05) is 26.8 Å². The van der Waals surface area contributed by atoms with Crippen LogP contribution in [-0.4, -0.2) is 11.0 Å². The van der Waals surface area contributed by atoms with Gasteiger partial charge in [-0.3, -0.25) is 10.1 Å². The molecule has 4 nitrogen and oxygen atoms in total. The van der Waals surface area contributed by atoms with E-state index in [0.717, 1.165) is 24.3 Å². The van der Waals surface area contributed by atoms with Gasteiger partial charge in [0.15, 0.2) is 0 Å². The lowest BCUT2D eigenvalue weighted by atomic mass is 9.71. The number of anilines is 1. The first-order chi connectivity index (χ1) is 9.77. The standard InChI is InChI=1S/C17H26N2O2/c1-12-5-10-16(19(20)21)15(11-12)18-14-8-6-13(7-9-14)17(2,3)4/h5,10-11,13-14,18H,6-9H2,1-4H3. The maximum Gasteiger partial charge on any atom is 0.292 e. The normalized spacial score (nSPS) is 22.9. The SMILES string of the molecule is Cc1ccc([N+](=O)[O-])c(NC2CCC(C(C)(C)C)CC2)c1. The predicted molar refractivity (Wildman–Crippen MR) is 86.7 cm³/mol. The second kappa shape index (κ2) is 6.04. The molecule has 4 heteroatoms. The van der Waals surface area contributed by atoms with Gasteiger partial charge in [-0.05, 0) is 55.6 Å². The Balaban J connectivity index is 2.04. The molecule has 0 saturated heterocycles. The van der Waals surface area contributed by atoms with Crippen LogP contribution >= 0.6 is 0 Å². The fourth-order valence-corrected chi connectivity index (χ4v) is 3.25. The monoisotopic (exact) mass is 290 g/mol. The minimum absolute atomic E-state index is 0.179. The molecule has 0 atom stereocenters. The molecule has 1 fully saturated rings. The van der Waals surface area contributed by atoms with E-state index in [2.05, 4.69) is 26.1 Å². The minimum atomic E-state index is -0.303. The average molecular weight is 290 g/mol. The zero-order valence-electron chi connectivity index (χ0n) is 13.5. The molecule has 0 spiro atoms. The average Bonchev–Trinajstić information content (AvgIpc) is 2.38. The van der Waals surface area contributed by atoms with E-state index in [-0.39, 0.29) is 10.6 Å². The van der Waals surface area contributed by atoms with Crippen molar-refractivity contribution in [2.75, 3.05) is 5.32 Å². The van der Waals surface area contributed by atoms with Gasteiger partial charge < -0.3 is 5.32 Å². The zero-order valence-corrected chi connectivity index (χ0v) is 13.5. The first kappa shape index (κ1) is 15.8. The summed E-state index contributed by atoms with van der Waals surface area (Å²) in [5.41, 5.74) is 2.25. The summed E-state index contributed by atoms with van der Waals surface area (Å²) in [6.07, 6.45) is 4.57. The van der Waals surface area contributed by atoms with Crippen LogP contribution in [0.1, 0.15) is 52.0 Å². The molecule has 0 aromatic heterocycles. The molecule has 21 heavy (non-hydrogen) atoms. The second-order valence-corrected chi connectivity index (χ2v) is 7.34. The maximum absolute atomic E-state index is 11.1. The number of rotatable bonds is 3. The quantitative estimate of drug-likeness (QED) is 0.635. The molecular weight excluding hydrogens is 264 g/mol. The van der Waals surface area contributed by atoms with Crippen LogP contribution < -0.4 is 5.32 Å². The third-order valence-electron chi connectivity index (χ3n) is 4.66. The van der Waals surface area contributed by atoms with Gasteiger partial charge in [0.2, 0.25) is 0 Å². The molecule has 1 aromatic carbocycles. The van der Waals surface area contributed by atoms with E-state index in [1.807, 2.05) is 13.0 Å². The third kappa shape index (κ3) is 3.96. The van der Waals surface area contributed by atoms with E-state index in [1.165, 1.54) is 12.8 Å². The van der Waals surface area contributed by atoms with Crippen molar-refractivity contribution < 1.29 is 4.92 Å². The minimum Gasteiger partial charge on any atom is -0.377 e. The summed E-state index contributed by atoms with van der Waals surface area (Å²) in [7, 11) is 0. The van der Waals surface area contributed by atoms with Crippen molar-refractivity contribution >= 4 is 11.4 Å². The smallest absolute Gasteiger partial charge is 0.292 e. The summed E-state index contributed by atoms with van der Waals surface area (Å²) in [5.74, 6) is 0.753. The third-order valence-corrected chi connectivity index (χ3v) is 4.66. The number of hydrogen-bond acceptors (Lipinski definition) is 3. The Hall–Kier alpha value is -1.58. The van der Waals surface area contributed by atoms with Gasteiger partial charge in [-0.25, -0.2) is 0 Å². The molecule has 116 valence electrons. The van der Waals surface area contributed by atoms with Crippen LogP contribution in [0.4, 0.5) is 11.4 Å². The highest BCUT2D eigenvalue weighted by molar-refractivity contribution is 5.63. The highest BCUT2D eigenvalue weighted by Crippen LogP contribution is 2.39. The van der Waals surface area contributed by atoms with Crippen LogP contribution in [0.15, 0.2) is 18.2 Å². The first-order valence-corrected chi connectivity index (χ1v) is 7.79. The van der Waals surface area contributed by atoms with E-state index in [0.29, 0.717) is 17.1 Å². The van der Waals surface area contributed by atoms with Gasteiger partial charge in [0.05, 0.1) is 4.92 Å². The number of nitrogens with one attached hydrogen (secondary N) is 1. The second-order valence-electron chi connectivity index (χ2n) is 7.34. The molecule has 1 aromatic rings. The Morgan fingerprint density at radius 2 is 1.81 bits per heavy atom. The maximum atomic E-state index is 11.1. The number of aryl methyl sites for hydroxylation is 1. The van der Waals surface area contributed by atoms with Crippen molar-refractivity contribution in [3.63, 3.8) is 0 Å². The van der Waals surface area contributed by atoms with Crippen molar-refractivity contribution in [3.05, 3.63) is 33.9 Å². The Bertz CT molecular complexity index is 512. The van der Waals surface area contributed by atoms with Crippen LogP contribution in [-0.2, 0) is 0 Å². The molecule has 1 N–H and O–H groups in total. The number of nitrogens with zero attached hydrogens (tertiary/aromatic N) is 1. The molecule has 0 bridgehead atoms. The summed E-state index contributed by atoms with van der Waals surface area (Å²) in [4.78, 5) is 10.8. The molecule has 1 saturated carbocycles. The van der Waals surface area contributed by atoms with Crippen molar-refractivity contribution in [3.8, 4) is 0 Å². The lowest BCUT2D eigenvalue weighted by Crippen LogP contribution is -2.31. The van der Waals surface area contributed by atoms with Crippen LogP contribution in [0, 0.1) is 28.4 Å². The van der Waals surface area contributed by atoms with Crippen LogP contribution in [0.5, 0.6) is 0 Å². The molecule has 1 aliphatic carbocycles. The Morgan fingerprint density at radius 3 is 2.33 bits per heavy atom. The van der Waals surface area contributed by atoms with Gasteiger partial charge >= 0.3 is 0 Å². The van der Waals surface area contributed by atoms with Gasteiger partial charge in [-0.2, -0.15) is 0 Å². The summed E-state index contributed by atoms with van der Waals surface area (Å²) >= 11 is 0. The molecule has 0 amide bonds. The van der Waals surface area contributed by atoms with Gasteiger partial charge in [0.25, 0.3) is 5.69 Å². The Kier molecular flexibility index (Phi) is 4.55. The van der Waals surface area contributed by atoms with Gasteiger partial charge in [0, 0.05) is 12.1 Å². The largest absolute Gasteiger partial charge is 0.377 e. The first-order valence-electron chi connectivity index (χ1n) is 7.79. The highest BCUT2D eigenvalue weighted by Gasteiger charge is 2.30. The van der Waals surface area contributed by atoms with E-state index in [1.54, 1.807) is 12.1 Å². The zero-order chi connectivity index (χ0) is 15.6. The molecule has 1 aliphatic rings. The lowest BCUT2D eigenvalue weighted by Gasteiger charge is -2.37. The van der Waals surface area contributed by atoms with Crippen LogP contribution in [0.2, 0.25) is 0 Å². The fraction of sp³-hybridized carbons (Fsp3) is 0.647. The summed E-state index contributed by atoms with van der Waals surface area (Å²) < 4.78 is 0. The lowest BCUT2D eigenvalue weighted by molar-refractivity contribution is -0.384. The van der Waals surface area contributed by atoms with E-state index in [4.69, 9.17) is 0 Å². The van der Waals surface area contributed by atoms with Crippen molar-refractivity contribution in [2.24, 2.45) is 11.3 Å². The molecule has 0 heterocycles. The van der Waals surface area contributed by atoms with Gasteiger partial charge in [-0.15, -0.1) is 0 Å². The molecule has 0 unspecified atom stereocenters. The van der Waals surface area contributed by atoms with Crippen LogP contribution in [0.25, 0.3) is 0 Å². The van der Waals surface area contributed by atoms with E-state index >= 15 is 0 Å². The van der Waals surface area contributed by atoms with Crippen molar-refractivity contribution in [2.45, 2.75) is 59.4 Å². The number of hydrogen-bond donors (Lipinski definition) is 1. The summed E-state index contributed by atoms with van der Waals surface area (Å²) in [5, 5.41) is 14.5. The predicted octanol–water partition coefficient (Wildman–Crippen LogP) is 4.92. The molecular formula is C17H26N2O2. The van der Waals surface area contributed by atoms with Crippen LogP contribution in [0.3, 0.4) is 0 Å². The Labute approximate surface area is 127 Å². The molecule has 2 rings (SSSR count). The van der Waals surface area contributed by atoms with E-state index < -0.39 is 0 Å². The molecule has 0 radical (unpaired) electrons. The van der Waals surface area contributed by atoms with Crippen molar-refractivity contribution in [1.82, 2.24) is 0 Å². The summed E-state index contributed by atoms with van der Waals surface area (Å²) in [6.45, 7) is 8.87. The van der Waals surface area contributed by atoms with Gasteiger partial charge in [0.1, 0.15) is 5.69 Å². The molecule has 0 aliphatic heterocycles. The number of nitro benzene ring substituents is 1. The highest BCUT2D eigenvalue weighted by atomic mass is 16.6. The fourth-order valence-electron chi connectivity index (χ4n) is 3.25. The van der Waals surface area contributed by atoms with E-state index in [9.17, 15) is 10.1 Å². The van der Waals surface area contributed by atoms with Crippen molar-refractivity contribution in [1.29, 1.82) is 0 Å². The topological polar surface area (TPSA) is 55.2 Å². The summed E-state index contributed by atoms with van der Waals surface area (Å²) in [6, 6.07) is 5.62.